The van der Waals surface area contributed by atoms with Crippen molar-refractivity contribution in [3.8, 4) is 0 Å². The number of alkyl halides is 1. The molecule has 1 aromatic rings. The molecule has 124 valence electrons. The van der Waals surface area contributed by atoms with Crippen molar-refractivity contribution in [1.29, 1.82) is 0 Å². The summed E-state index contributed by atoms with van der Waals surface area (Å²) in [4.78, 5) is 11.6. The molecule has 22 heavy (non-hydrogen) atoms. The van der Waals surface area contributed by atoms with Crippen LogP contribution in [0.5, 0.6) is 0 Å². The molecule has 0 saturated heterocycles. The zero-order valence-electron chi connectivity index (χ0n) is 13.0. The van der Waals surface area contributed by atoms with Crippen molar-refractivity contribution < 1.29 is 19.0 Å². The largest absolute Gasteiger partial charge is 0.460 e. The fourth-order valence-electron chi connectivity index (χ4n) is 1.83. The molecule has 0 saturated carbocycles. The molecular weight excluding hydrogens is 304 g/mol. The minimum Gasteiger partial charge on any atom is -0.460 e. The number of carbonyl (C=O) groups excluding carboxylic acids is 1. The molecule has 0 N–H and O–H groups in total. The summed E-state index contributed by atoms with van der Waals surface area (Å²) in [6.45, 7) is 2.49. The van der Waals surface area contributed by atoms with Crippen LogP contribution in [0.3, 0.4) is 0 Å². The molecule has 0 fully saturated rings. The minimum atomic E-state index is -0.322. The van der Waals surface area contributed by atoms with Crippen molar-refractivity contribution in [2.45, 2.75) is 25.7 Å². The highest BCUT2D eigenvalue weighted by Gasteiger charge is 2.04. The van der Waals surface area contributed by atoms with Crippen LogP contribution in [0.1, 0.15) is 36.0 Å². The van der Waals surface area contributed by atoms with Gasteiger partial charge in [-0.3, -0.25) is 0 Å². The van der Waals surface area contributed by atoms with Crippen LogP contribution in [-0.2, 0) is 14.2 Å². The number of unbranched alkanes of at least 4 members (excludes halogenated alkanes) is 3. The zero-order valence-corrected chi connectivity index (χ0v) is 13.7. The number of hydrogen-bond acceptors (Lipinski definition) is 4. The highest BCUT2D eigenvalue weighted by molar-refractivity contribution is 6.17. The van der Waals surface area contributed by atoms with Gasteiger partial charge in [-0.2, -0.15) is 0 Å². The van der Waals surface area contributed by atoms with Crippen molar-refractivity contribution in [3.05, 3.63) is 35.9 Å². The van der Waals surface area contributed by atoms with Gasteiger partial charge in [0.05, 0.1) is 25.4 Å². The molecule has 0 aromatic heterocycles. The van der Waals surface area contributed by atoms with Crippen molar-refractivity contribution in [3.63, 3.8) is 0 Å². The Morgan fingerprint density at radius 2 is 1.45 bits per heavy atom. The first-order valence-electron chi connectivity index (χ1n) is 7.78. The number of carbonyl (C=O) groups is 1. The van der Waals surface area contributed by atoms with Gasteiger partial charge in [0.25, 0.3) is 0 Å². The van der Waals surface area contributed by atoms with Gasteiger partial charge in [0.1, 0.15) is 6.61 Å². The van der Waals surface area contributed by atoms with Gasteiger partial charge in [0, 0.05) is 12.5 Å². The minimum absolute atomic E-state index is 0.256. The first-order valence-corrected chi connectivity index (χ1v) is 8.31. The maximum Gasteiger partial charge on any atom is 0.338 e. The predicted octanol–water partition coefficient (Wildman–Crippen LogP) is 3.68. The molecule has 1 rings (SSSR count). The average molecular weight is 329 g/mol. The molecule has 0 spiro atoms. The summed E-state index contributed by atoms with van der Waals surface area (Å²) >= 11 is 5.60. The second-order valence-corrected chi connectivity index (χ2v) is 5.21. The average Bonchev–Trinajstić information content (AvgIpc) is 2.56. The van der Waals surface area contributed by atoms with Gasteiger partial charge in [-0.1, -0.05) is 31.0 Å². The van der Waals surface area contributed by atoms with E-state index in [-0.39, 0.29) is 12.6 Å². The van der Waals surface area contributed by atoms with Crippen molar-refractivity contribution in [2.75, 3.05) is 38.9 Å². The third kappa shape index (κ3) is 9.77. The number of rotatable bonds is 13. The van der Waals surface area contributed by atoms with Gasteiger partial charge in [0.15, 0.2) is 0 Å². The first-order chi connectivity index (χ1) is 10.8. The fraction of sp³-hybridized carbons (Fsp3) is 0.588. The molecule has 0 aliphatic rings. The highest BCUT2D eigenvalue weighted by Crippen LogP contribution is 2.02. The molecule has 0 aliphatic carbocycles. The smallest absolute Gasteiger partial charge is 0.338 e. The van der Waals surface area contributed by atoms with Gasteiger partial charge < -0.3 is 14.2 Å². The number of ether oxygens (including phenoxy) is 3. The van der Waals surface area contributed by atoms with Gasteiger partial charge >= 0.3 is 5.97 Å². The van der Waals surface area contributed by atoms with Crippen LogP contribution in [0.4, 0.5) is 0 Å². The number of benzene rings is 1. The van der Waals surface area contributed by atoms with Gasteiger partial charge in [-0.25, -0.2) is 4.79 Å². The lowest BCUT2D eigenvalue weighted by atomic mass is 10.2. The monoisotopic (exact) mass is 328 g/mol. The van der Waals surface area contributed by atoms with E-state index in [1.54, 1.807) is 24.3 Å². The quantitative estimate of drug-likeness (QED) is 0.315. The fourth-order valence-corrected chi connectivity index (χ4v) is 2.01. The topological polar surface area (TPSA) is 44.8 Å². The van der Waals surface area contributed by atoms with Gasteiger partial charge in [-0.15, -0.1) is 11.6 Å². The lowest BCUT2D eigenvalue weighted by Gasteiger charge is -2.07. The van der Waals surface area contributed by atoms with Gasteiger partial charge in [-0.05, 0) is 25.0 Å². The Morgan fingerprint density at radius 1 is 0.818 bits per heavy atom. The van der Waals surface area contributed by atoms with Crippen molar-refractivity contribution in [2.24, 2.45) is 0 Å². The molecule has 1 aromatic carbocycles. The molecular formula is C17H25ClO4. The van der Waals surface area contributed by atoms with Crippen LogP contribution in [0.25, 0.3) is 0 Å². The molecule has 5 heteroatoms. The highest BCUT2D eigenvalue weighted by atomic mass is 35.5. The Labute approximate surface area is 137 Å². The molecule has 0 radical (unpaired) electrons. The van der Waals surface area contributed by atoms with Crippen molar-refractivity contribution in [1.82, 2.24) is 0 Å². The normalized spacial score (nSPS) is 10.6. The van der Waals surface area contributed by atoms with Crippen LogP contribution >= 0.6 is 11.6 Å². The molecule has 0 aliphatic heterocycles. The van der Waals surface area contributed by atoms with E-state index in [0.717, 1.165) is 38.2 Å². The predicted molar refractivity (Wildman–Crippen MR) is 87.6 cm³/mol. The summed E-state index contributed by atoms with van der Waals surface area (Å²) in [5.41, 5.74) is 0.556. The van der Waals surface area contributed by atoms with Crippen LogP contribution in [0.2, 0.25) is 0 Å². The summed E-state index contributed by atoms with van der Waals surface area (Å²) in [5, 5.41) is 0. The van der Waals surface area contributed by atoms with Crippen LogP contribution in [-0.4, -0.2) is 44.9 Å². The molecule has 0 amide bonds. The second-order valence-electron chi connectivity index (χ2n) is 4.83. The van der Waals surface area contributed by atoms with Crippen LogP contribution < -0.4 is 0 Å². The number of halogens is 1. The summed E-state index contributed by atoms with van der Waals surface area (Å²) in [5.74, 6) is 0.418. The van der Waals surface area contributed by atoms with E-state index < -0.39 is 0 Å². The van der Waals surface area contributed by atoms with Crippen LogP contribution in [0, 0.1) is 0 Å². The third-order valence-electron chi connectivity index (χ3n) is 3.01. The lowest BCUT2D eigenvalue weighted by molar-refractivity contribution is 0.0142. The molecule has 0 heterocycles. The van der Waals surface area contributed by atoms with E-state index in [0.29, 0.717) is 25.4 Å². The molecule has 0 unspecified atom stereocenters. The number of hydrogen-bond donors (Lipinski definition) is 0. The van der Waals surface area contributed by atoms with E-state index in [1.165, 1.54) is 0 Å². The van der Waals surface area contributed by atoms with Crippen LogP contribution in [0.15, 0.2) is 30.3 Å². The zero-order chi connectivity index (χ0) is 15.9. The molecule has 4 nitrogen and oxygen atoms in total. The third-order valence-corrected chi connectivity index (χ3v) is 3.28. The van der Waals surface area contributed by atoms with E-state index in [4.69, 9.17) is 25.8 Å². The van der Waals surface area contributed by atoms with Crippen molar-refractivity contribution >= 4 is 17.6 Å². The Balaban J connectivity index is 1.85. The standard InChI is InChI=1S/C17H25ClO4/c18-10-6-1-2-7-11-20-12-13-21-14-15-22-17(19)16-8-4-3-5-9-16/h3-5,8-9H,1-2,6-7,10-15H2. The van der Waals surface area contributed by atoms with Gasteiger partial charge in [0.2, 0.25) is 0 Å². The Bertz CT molecular complexity index is 384. The second kappa shape index (κ2) is 13.6. The first kappa shape index (κ1) is 18.9. The van der Waals surface area contributed by atoms with E-state index in [1.807, 2.05) is 6.07 Å². The maximum atomic E-state index is 11.6. The SMILES string of the molecule is O=C(OCCOCCOCCCCCCCl)c1ccccc1. The Hall–Kier alpha value is -1.10. The summed E-state index contributed by atoms with van der Waals surface area (Å²) in [6.07, 6.45) is 4.46. The summed E-state index contributed by atoms with van der Waals surface area (Å²) in [6, 6.07) is 8.92. The number of esters is 1. The van der Waals surface area contributed by atoms with E-state index in [2.05, 4.69) is 0 Å². The molecule has 0 atom stereocenters. The summed E-state index contributed by atoms with van der Waals surface area (Å²) in [7, 11) is 0. The Kier molecular flexibility index (Phi) is 11.7. The maximum absolute atomic E-state index is 11.6. The lowest BCUT2D eigenvalue weighted by Crippen LogP contribution is -2.13. The Morgan fingerprint density at radius 3 is 2.18 bits per heavy atom. The van der Waals surface area contributed by atoms with E-state index >= 15 is 0 Å². The molecule has 0 bridgehead atoms. The summed E-state index contributed by atoms with van der Waals surface area (Å²) < 4.78 is 15.9. The van der Waals surface area contributed by atoms with E-state index in [9.17, 15) is 4.79 Å².